The molecule has 0 aliphatic carbocycles. The van der Waals surface area contributed by atoms with Gasteiger partial charge in [-0.15, -0.1) is 0 Å². The molecule has 1 unspecified atom stereocenters. The fourth-order valence-corrected chi connectivity index (χ4v) is 3.42. The van der Waals surface area contributed by atoms with Crippen molar-refractivity contribution in [2.24, 2.45) is 5.92 Å². The van der Waals surface area contributed by atoms with Crippen LogP contribution in [-0.4, -0.2) is 40.5 Å². The molecule has 0 amide bonds. The third-order valence-corrected chi connectivity index (χ3v) is 4.89. The lowest BCUT2D eigenvalue weighted by Crippen LogP contribution is -2.54. The molecular formula is C14H15F14I. The van der Waals surface area contributed by atoms with Crippen molar-refractivity contribution in [3.05, 3.63) is 0 Å². The maximum Gasteiger partial charge on any atom is 0.431 e. The third-order valence-electron chi connectivity index (χ3n) is 4.27. The molecule has 0 saturated carbocycles. The quantitative estimate of drug-likeness (QED) is 0.113. The molecule has 0 heterocycles. The molecular weight excluding hydrogens is 561 g/mol. The minimum absolute atomic E-state index is 0.0492. The topological polar surface area (TPSA) is 0 Å². The number of alkyl halides is 15. The van der Waals surface area contributed by atoms with Crippen LogP contribution in [0.25, 0.3) is 0 Å². The van der Waals surface area contributed by atoms with Crippen molar-refractivity contribution in [2.45, 2.75) is 74.6 Å². The first-order valence-corrected chi connectivity index (χ1v) is 9.37. The fourth-order valence-electron chi connectivity index (χ4n) is 2.54. The van der Waals surface area contributed by atoms with Gasteiger partial charge in [-0.2, -0.15) is 52.7 Å². The molecule has 0 bridgehead atoms. The number of hydrogen-bond donors (Lipinski definition) is 0. The van der Waals surface area contributed by atoms with E-state index in [9.17, 15) is 61.5 Å². The molecule has 0 aromatic heterocycles. The monoisotopic (exact) mass is 576 g/mol. The van der Waals surface area contributed by atoms with Crippen LogP contribution in [0.15, 0.2) is 0 Å². The van der Waals surface area contributed by atoms with Crippen molar-refractivity contribution >= 4 is 22.6 Å². The molecule has 29 heavy (non-hydrogen) atoms. The minimum Gasteiger partial charge on any atom is -0.224 e. The smallest absolute Gasteiger partial charge is 0.224 e. The van der Waals surface area contributed by atoms with E-state index in [1.165, 1.54) is 0 Å². The number of unbranched alkanes of at least 4 members (excludes halogenated alkanes) is 1. The number of hydrogen-bond acceptors (Lipinski definition) is 0. The Bertz CT molecular complexity index is 472. The van der Waals surface area contributed by atoms with Crippen LogP contribution in [0, 0.1) is 5.92 Å². The van der Waals surface area contributed by atoms with E-state index in [1.807, 2.05) is 0 Å². The molecule has 0 radical (unpaired) electrons. The van der Waals surface area contributed by atoms with Gasteiger partial charge in [0.2, 0.25) is 0 Å². The Balaban J connectivity index is 5.22. The Morgan fingerprint density at radius 3 is 1.21 bits per heavy atom. The minimum atomic E-state index is -6.32. The Labute approximate surface area is 169 Å². The number of halogens is 15. The maximum atomic E-state index is 13.8. The van der Waals surface area contributed by atoms with Crippen LogP contribution < -0.4 is 0 Å². The molecule has 15 heteroatoms. The van der Waals surface area contributed by atoms with Crippen molar-refractivity contribution in [1.29, 1.82) is 0 Å². The standard InChI is InChI=1S/C14H15F14I/c15-9(11(17,18)19,12(20,21)22)5-2-1-3-8(4-6-29)7-10(16,13(23,24)25)14(26,27)28/h8H,1-7H2. The summed E-state index contributed by atoms with van der Waals surface area (Å²) in [5, 5.41) is 0. The Hall–Kier alpha value is -0.250. The molecule has 0 nitrogen and oxygen atoms in total. The molecule has 0 aromatic rings. The average molecular weight is 576 g/mol. The van der Waals surface area contributed by atoms with Crippen LogP contribution in [0.3, 0.4) is 0 Å². The Morgan fingerprint density at radius 1 is 0.517 bits per heavy atom. The summed E-state index contributed by atoms with van der Waals surface area (Å²) in [6.07, 6.45) is -32.5. The first-order valence-electron chi connectivity index (χ1n) is 7.84. The molecule has 0 N–H and O–H groups in total. The van der Waals surface area contributed by atoms with Crippen LogP contribution >= 0.6 is 22.6 Å². The van der Waals surface area contributed by atoms with E-state index in [2.05, 4.69) is 0 Å². The fraction of sp³-hybridized carbons (Fsp3) is 1.00. The second-order valence-electron chi connectivity index (χ2n) is 6.39. The van der Waals surface area contributed by atoms with Crippen molar-refractivity contribution < 1.29 is 61.5 Å². The van der Waals surface area contributed by atoms with Crippen molar-refractivity contribution in [2.75, 3.05) is 4.43 Å². The first-order chi connectivity index (χ1) is 12.6. The van der Waals surface area contributed by atoms with E-state index in [1.54, 1.807) is 22.6 Å². The van der Waals surface area contributed by atoms with Gasteiger partial charge in [0.15, 0.2) is 0 Å². The SMILES string of the molecule is FC(F)(F)C(F)(CCCCC(CCI)CC(F)(C(F)(F)F)C(F)(F)F)C(F)(F)F. The molecule has 0 aliphatic rings. The highest BCUT2D eigenvalue weighted by Crippen LogP contribution is 2.51. The molecule has 0 aromatic carbocycles. The third kappa shape index (κ3) is 6.87. The van der Waals surface area contributed by atoms with Gasteiger partial charge in [-0.05, 0) is 29.6 Å². The van der Waals surface area contributed by atoms with E-state index in [0.717, 1.165) is 0 Å². The van der Waals surface area contributed by atoms with Crippen LogP contribution in [-0.2, 0) is 0 Å². The average Bonchev–Trinajstić information content (AvgIpc) is 2.46. The van der Waals surface area contributed by atoms with Crippen LogP contribution in [0.1, 0.15) is 38.5 Å². The summed E-state index contributed by atoms with van der Waals surface area (Å²) in [6.45, 7) is 0. The van der Waals surface area contributed by atoms with Gasteiger partial charge in [0.25, 0.3) is 11.3 Å². The molecule has 0 spiro atoms. The van der Waals surface area contributed by atoms with Gasteiger partial charge in [-0.25, -0.2) is 8.78 Å². The lowest BCUT2D eigenvalue weighted by atomic mass is 9.85. The predicted octanol–water partition coefficient (Wildman–Crippen LogP) is 8.04. The van der Waals surface area contributed by atoms with Crippen LogP contribution in [0.2, 0.25) is 0 Å². The second kappa shape index (κ2) is 9.49. The van der Waals surface area contributed by atoms with E-state index in [4.69, 9.17) is 0 Å². The summed E-state index contributed by atoms with van der Waals surface area (Å²) in [7, 11) is 0. The highest BCUT2D eigenvalue weighted by molar-refractivity contribution is 14.1. The van der Waals surface area contributed by atoms with Gasteiger partial charge >= 0.3 is 24.7 Å². The zero-order chi connectivity index (χ0) is 23.5. The molecule has 0 saturated heterocycles. The number of rotatable bonds is 9. The summed E-state index contributed by atoms with van der Waals surface area (Å²) in [4.78, 5) is 0. The van der Waals surface area contributed by atoms with Gasteiger partial charge in [-0.1, -0.05) is 35.4 Å². The van der Waals surface area contributed by atoms with Gasteiger partial charge in [0, 0.05) is 6.42 Å². The van der Waals surface area contributed by atoms with Gasteiger partial charge in [0.1, 0.15) is 0 Å². The highest BCUT2D eigenvalue weighted by atomic mass is 127. The lowest BCUT2D eigenvalue weighted by molar-refractivity contribution is -0.346. The van der Waals surface area contributed by atoms with Gasteiger partial charge < -0.3 is 0 Å². The van der Waals surface area contributed by atoms with Crippen LogP contribution in [0.5, 0.6) is 0 Å². The van der Waals surface area contributed by atoms with E-state index in [0.29, 0.717) is 0 Å². The van der Waals surface area contributed by atoms with Crippen molar-refractivity contribution in [1.82, 2.24) is 0 Å². The predicted molar refractivity (Wildman–Crippen MR) is 82.0 cm³/mol. The van der Waals surface area contributed by atoms with Crippen molar-refractivity contribution in [3.63, 3.8) is 0 Å². The summed E-state index contributed by atoms with van der Waals surface area (Å²) < 4.78 is 177. The maximum absolute atomic E-state index is 13.8. The first kappa shape index (κ1) is 28.8. The zero-order valence-corrected chi connectivity index (χ0v) is 16.4. The molecule has 0 fully saturated rings. The van der Waals surface area contributed by atoms with E-state index < -0.39 is 80.5 Å². The zero-order valence-electron chi connectivity index (χ0n) is 14.2. The van der Waals surface area contributed by atoms with Gasteiger partial charge in [-0.3, -0.25) is 0 Å². The molecule has 0 rings (SSSR count). The molecule has 176 valence electrons. The highest BCUT2D eigenvalue weighted by Gasteiger charge is 2.73. The lowest BCUT2D eigenvalue weighted by Gasteiger charge is -2.33. The largest absolute Gasteiger partial charge is 0.431 e. The summed E-state index contributed by atoms with van der Waals surface area (Å²) >= 11 is 1.55. The van der Waals surface area contributed by atoms with E-state index >= 15 is 0 Å². The normalized spacial score (nSPS) is 16.2. The summed E-state index contributed by atoms with van der Waals surface area (Å²) in [5.74, 6) is -1.65. The summed E-state index contributed by atoms with van der Waals surface area (Å²) in [5.41, 5.74) is -11.2. The van der Waals surface area contributed by atoms with Gasteiger partial charge in [0.05, 0.1) is 0 Å². The molecule has 0 aliphatic heterocycles. The van der Waals surface area contributed by atoms with E-state index in [-0.39, 0.29) is 4.43 Å². The Morgan fingerprint density at radius 2 is 0.897 bits per heavy atom. The van der Waals surface area contributed by atoms with Crippen LogP contribution in [0.4, 0.5) is 61.5 Å². The summed E-state index contributed by atoms with van der Waals surface area (Å²) in [6, 6.07) is 0. The Kier molecular flexibility index (Phi) is 9.41. The molecule has 1 atom stereocenters. The van der Waals surface area contributed by atoms with Crippen molar-refractivity contribution in [3.8, 4) is 0 Å². The second-order valence-corrected chi connectivity index (χ2v) is 7.47.